The Kier molecular flexibility index (Phi) is 7.91. The molecule has 136 valence electrons. The van der Waals surface area contributed by atoms with Crippen LogP contribution in [0.15, 0.2) is 36.9 Å². The molecule has 0 atom stereocenters. The van der Waals surface area contributed by atoms with Gasteiger partial charge in [0.15, 0.2) is 0 Å². The molecule has 0 aromatic heterocycles. The molecule has 1 saturated heterocycles. The van der Waals surface area contributed by atoms with Gasteiger partial charge >= 0.3 is 0 Å². The number of halogens is 1. The summed E-state index contributed by atoms with van der Waals surface area (Å²) in [6, 6.07) is 7.21. The molecule has 0 saturated carbocycles. The number of anilines is 1. The fourth-order valence-electron chi connectivity index (χ4n) is 2.65. The third kappa shape index (κ3) is 6.86. The number of piperazine rings is 1. The van der Waals surface area contributed by atoms with Gasteiger partial charge in [-0.3, -0.25) is 14.5 Å². The molecule has 2 rings (SSSR count). The van der Waals surface area contributed by atoms with E-state index in [1.165, 1.54) is 0 Å². The van der Waals surface area contributed by atoms with Crippen LogP contribution in [0.5, 0.6) is 0 Å². The summed E-state index contributed by atoms with van der Waals surface area (Å²) >= 11 is 6.04. The van der Waals surface area contributed by atoms with E-state index in [2.05, 4.69) is 27.0 Å². The molecule has 1 aromatic carbocycles. The van der Waals surface area contributed by atoms with Gasteiger partial charge in [-0.15, -0.1) is 6.58 Å². The van der Waals surface area contributed by atoms with Gasteiger partial charge < -0.3 is 15.5 Å². The molecule has 1 aromatic rings. The Morgan fingerprint density at radius 2 is 1.80 bits per heavy atom. The van der Waals surface area contributed by atoms with E-state index in [9.17, 15) is 9.59 Å². The Hall–Kier alpha value is -1.89. The standard InChI is InChI=1S/C18H25ClN4O2/c1-2-8-20-18(25)14-23-12-10-22(11-13-23)9-7-17(24)21-16-6-4-3-5-15(16)19/h2-6H,1,7-14H2,(H,20,25)(H,21,24). The van der Waals surface area contributed by atoms with E-state index < -0.39 is 0 Å². The lowest BCUT2D eigenvalue weighted by molar-refractivity contribution is -0.122. The highest BCUT2D eigenvalue weighted by molar-refractivity contribution is 6.33. The molecule has 1 fully saturated rings. The summed E-state index contributed by atoms with van der Waals surface area (Å²) in [5, 5.41) is 6.16. The topological polar surface area (TPSA) is 64.7 Å². The first-order valence-electron chi connectivity index (χ1n) is 8.45. The zero-order valence-electron chi connectivity index (χ0n) is 14.3. The minimum Gasteiger partial charge on any atom is -0.352 e. The lowest BCUT2D eigenvalue weighted by Crippen LogP contribution is -2.49. The molecule has 2 N–H and O–H groups in total. The average molecular weight is 365 g/mol. The molecule has 0 aliphatic carbocycles. The largest absolute Gasteiger partial charge is 0.352 e. The van der Waals surface area contributed by atoms with Crippen molar-refractivity contribution < 1.29 is 9.59 Å². The van der Waals surface area contributed by atoms with Gasteiger partial charge in [0.1, 0.15) is 0 Å². The molecule has 7 heteroatoms. The van der Waals surface area contributed by atoms with Crippen LogP contribution in [0.4, 0.5) is 5.69 Å². The maximum absolute atomic E-state index is 12.0. The number of carbonyl (C=O) groups is 2. The Bertz CT molecular complexity index is 600. The highest BCUT2D eigenvalue weighted by atomic mass is 35.5. The summed E-state index contributed by atoms with van der Waals surface area (Å²) in [5.41, 5.74) is 0.643. The molecule has 0 bridgehead atoms. The normalized spacial score (nSPS) is 15.6. The average Bonchev–Trinajstić information content (AvgIpc) is 2.61. The van der Waals surface area contributed by atoms with Crippen molar-refractivity contribution in [2.75, 3.05) is 51.1 Å². The van der Waals surface area contributed by atoms with Gasteiger partial charge in [0, 0.05) is 45.7 Å². The van der Waals surface area contributed by atoms with Crippen molar-refractivity contribution in [1.82, 2.24) is 15.1 Å². The van der Waals surface area contributed by atoms with Crippen molar-refractivity contribution >= 4 is 29.1 Å². The van der Waals surface area contributed by atoms with E-state index in [0.717, 1.165) is 26.2 Å². The molecule has 0 radical (unpaired) electrons. The second-order valence-corrected chi connectivity index (χ2v) is 6.40. The summed E-state index contributed by atoms with van der Waals surface area (Å²) in [4.78, 5) is 28.1. The van der Waals surface area contributed by atoms with Crippen LogP contribution < -0.4 is 10.6 Å². The zero-order valence-corrected chi connectivity index (χ0v) is 15.1. The quantitative estimate of drug-likeness (QED) is 0.687. The molecule has 0 unspecified atom stereocenters. The van der Waals surface area contributed by atoms with Crippen LogP contribution in [0.3, 0.4) is 0 Å². The number of hydrogen-bond donors (Lipinski definition) is 2. The molecule has 25 heavy (non-hydrogen) atoms. The van der Waals surface area contributed by atoms with Gasteiger partial charge in [-0.1, -0.05) is 29.8 Å². The maximum atomic E-state index is 12.0. The number of benzene rings is 1. The number of hydrogen-bond acceptors (Lipinski definition) is 4. The van der Waals surface area contributed by atoms with E-state index in [-0.39, 0.29) is 11.8 Å². The number of amides is 2. The van der Waals surface area contributed by atoms with Gasteiger partial charge in [-0.2, -0.15) is 0 Å². The number of carbonyl (C=O) groups excluding carboxylic acids is 2. The van der Waals surface area contributed by atoms with Crippen molar-refractivity contribution in [3.63, 3.8) is 0 Å². The smallest absolute Gasteiger partial charge is 0.234 e. The fraction of sp³-hybridized carbons (Fsp3) is 0.444. The van der Waals surface area contributed by atoms with Gasteiger partial charge in [-0.25, -0.2) is 0 Å². The van der Waals surface area contributed by atoms with Crippen LogP contribution >= 0.6 is 11.6 Å². The van der Waals surface area contributed by atoms with Gasteiger partial charge in [-0.05, 0) is 12.1 Å². The zero-order chi connectivity index (χ0) is 18.1. The summed E-state index contributed by atoms with van der Waals surface area (Å²) in [6.07, 6.45) is 2.09. The second kappa shape index (κ2) is 10.2. The van der Waals surface area contributed by atoms with Crippen molar-refractivity contribution in [2.24, 2.45) is 0 Å². The lowest BCUT2D eigenvalue weighted by Gasteiger charge is -2.34. The number of nitrogens with one attached hydrogen (secondary N) is 2. The first kappa shape index (κ1) is 19.4. The molecular formula is C18H25ClN4O2. The predicted octanol–water partition coefficient (Wildman–Crippen LogP) is 1.59. The molecule has 1 heterocycles. The molecular weight excluding hydrogens is 340 g/mol. The summed E-state index contributed by atoms with van der Waals surface area (Å²) in [7, 11) is 0. The Morgan fingerprint density at radius 3 is 2.48 bits per heavy atom. The minimum atomic E-state index is -0.0423. The van der Waals surface area contributed by atoms with Crippen molar-refractivity contribution in [2.45, 2.75) is 6.42 Å². The van der Waals surface area contributed by atoms with E-state index in [0.29, 0.717) is 36.8 Å². The van der Waals surface area contributed by atoms with E-state index in [4.69, 9.17) is 11.6 Å². The number of nitrogens with zero attached hydrogens (tertiary/aromatic N) is 2. The maximum Gasteiger partial charge on any atom is 0.234 e. The first-order valence-corrected chi connectivity index (χ1v) is 8.83. The van der Waals surface area contributed by atoms with E-state index in [1.807, 2.05) is 12.1 Å². The number of para-hydroxylation sites is 1. The summed E-state index contributed by atoms with van der Waals surface area (Å²) in [5.74, 6) is -0.0215. The van der Waals surface area contributed by atoms with Gasteiger partial charge in [0.2, 0.25) is 11.8 Å². The highest BCUT2D eigenvalue weighted by Gasteiger charge is 2.19. The third-order valence-corrected chi connectivity index (χ3v) is 4.41. The van der Waals surface area contributed by atoms with Crippen molar-refractivity contribution in [3.8, 4) is 0 Å². The van der Waals surface area contributed by atoms with Crippen molar-refractivity contribution in [1.29, 1.82) is 0 Å². The molecule has 1 aliphatic rings. The van der Waals surface area contributed by atoms with Crippen LogP contribution in [-0.4, -0.2) is 67.4 Å². The monoisotopic (exact) mass is 364 g/mol. The van der Waals surface area contributed by atoms with E-state index in [1.54, 1.807) is 18.2 Å². The SMILES string of the molecule is C=CCNC(=O)CN1CCN(CCC(=O)Nc2ccccc2Cl)CC1. The molecule has 0 spiro atoms. The van der Waals surface area contributed by atoms with Crippen LogP contribution in [0, 0.1) is 0 Å². The van der Waals surface area contributed by atoms with Crippen LogP contribution in [0.2, 0.25) is 5.02 Å². The molecule has 1 aliphatic heterocycles. The Balaban J connectivity index is 1.65. The van der Waals surface area contributed by atoms with Crippen LogP contribution in [0.25, 0.3) is 0 Å². The predicted molar refractivity (Wildman–Crippen MR) is 101 cm³/mol. The number of rotatable bonds is 8. The van der Waals surface area contributed by atoms with E-state index >= 15 is 0 Å². The highest BCUT2D eigenvalue weighted by Crippen LogP contribution is 2.20. The Labute approximate surface area is 153 Å². The summed E-state index contributed by atoms with van der Waals surface area (Å²) in [6.45, 7) is 8.56. The second-order valence-electron chi connectivity index (χ2n) is 5.99. The Morgan fingerprint density at radius 1 is 1.12 bits per heavy atom. The third-order valence-electron chi connectivity index (χ3n) is 4.08. The fourth-order valence-corrected chi connectivity index (χ4v) is 2.83. The van der Waals surface area contributed by atoms with Crippen LogP contribution in [-0.2, 0) is 9.59 Å². The first-order chi connectivity index (χ1) is 12.1. The minimum absolute atomic E-state index is 0.0208. The van der Waals surface area contributed by atoms with Crippen LogP contribution in [0.1, 0.15) is 6.42 Å². The summed E-state index contributed by atoms with van der Waals surface area (Å²) < 4.78 is 0. The molecule has 6 nitrogen and oxygen atoms in total. The molecule has 2 amide bonds. The lowest BCUT2D eigenvalue weighted by atomic mass is 10.2. The van der Waals surface area contributed by atoms with Crippen molar-refractivity contribution in [3.05, 3.63) is 41.9 Å². The van der Waals surface area contributed by atoms with Gasteiger partial charge in [0.05, 0.1) is 17.3 Å². The van der Waals surface area contributed by atoms with Gasteiger partial charge in [0.25, 0.3) is 0 Å².